The molecule has 0 amide bonds. The fourth-order valence-electron chi connectivity index (χ4n) is 5.43. The largest absolute Gasteiger partial charge is 0.454 e. The van der Waals surface area contributed by atoms with Crippen molar-refractivity contribution in [2.24, 2.45) is 11.0 Å². The zero-order valence-electron chi connectivity index (χ0n) is 18.6. The number of benzene rings is 3. The summed E-state index contributed by atoms with van der Waals surface area (Å²) in [7, 11) is 0. The number of hydrazone groups is 1. The minimum atomic E-state index is 0.104. The predicted molar refractivity (Wildman–Crippen MR) is 130 cm³/mol. The first-order valence-electron chi connectivity index (χ1n) is 11.8. The summed E-state index contributed by atoms with van der Waals surface area (Å²) in [4.78, 5) is 0. The number of allylic oxidation sites excluding steroid dienone is 1. The average Bonchev–Trinajstić information content (AvgIpc) is 3.62. The maximum atomic E-state index is 5.70. The van der Waals surface area contributed by atoms with Gasteiger partial charge in [-0.1, -0.05) is 30.3 Å². The van der Waals surface area contributed by atoms with Crippen molar-refractivity contribution in [2.45, 2.75) is 25.3 Å². The molecule has 3 aromatic rings. The Labute approximate surface area is 198 Å². The van der Waals surface area contributed by atoms with Crippen molar-refractivity contribution in [3.8, 4) is 23.0 Å². The summed E-state index contributed by atoms with van der Waals surface area (Å²) in [5.74, 6) is 3.53. The van der Waals surface area contributed by atoms with Crippen LogP contribution in [0.15, 0.2) is 77.4 Å². The summed E-state index contributed by atoms with van der Waals surface area (Å²) >= 11 is 0. The molecule has 0 unspecified atom stereocenters. The van der Waals surface area contributed by atoms with E-state index in [-0.39, 0.29) is 19.6 Å². The summed E-state index contributed by atoms with van der Waals surface area (Å²) in [5, 5.41) is 7.43. The van der Waals surface area contributed by atoms with Crippen molar-refractivity contribution in [3.05, 3.63) is 83.4 Å². The van der Waals surface area contributed by atoms with Gasteiger partial charge in [0.15, 0.2) is 23.0 Å². The zero-order chi connectivity index (χ0) is 22.5. The molecule has 3 aromatic carbocycles. The van der Waals surface area contributed by atoms with E-state index in [0.717, 1.165) is 53.5 Å². The molecule has 2 atom stereocenters. The lowest BCUT2D eigenvalue weighted by molar-refractivity contribution is 0.173. The second-order valence-corrected chi connectivity index (χ2v) is 9.00. The van der Waals surface area contributed by atoms with Crippen molar-refractivity contribution < 1.29 is 18.9 Å². The highest BCUT2D eigenvalue weighted by Crippen LogP contribution is 2.48. The second kappa shape index (κ2) is 7.83. The highest BCUT2D eigenvalue weighted by molar-refractivity contribution is 6.08. The Hall–Kier alpha value is -3.93. The molecule has 7 rings (SSSR count). The Morgan fingerprint density at radius 3 is 2.35 bits per heavy atom. The second-order valence-electron chi connectivity index (χ2n) is 9.00. The van der Waals surface area contributed by atoms with Crippen LogP contribution < -0.4 is 24.0 Å². The standard InChI is InChI=1S/C28H24N2O4/c1-2-6-21(7-3-1)30-28(20-10-12-24-26(15-20)34-17-32-24)22-8-4-5-19(27(22)29-30)13-18-9-11-23-25(14-18)33-16-31-23/h1-3,6-7,9-15,22,28H,4-5,8,16-17H2/b19-13-/t22-,28-/m1/s1. The third-order valence-corrected chi connectivity index (χ3v) is 7.00. The molecule has 4 aliphatic rings. The van der Waals surface area contributed by atoms with E-state index in [2.05, 4.69) is 59.6 Å². The normalized spacial score (nSPS) is 23.2. The molecule has 3 aliphatic heterocycles. The van der Waals surface area contributed by atoms with Crippen LogP contribution in [0.25, 0.3) is 6.08 Å². The molecule has 0 aromatic heterocycles. The van der Waals surface area contributed by atoms with Crippen molar-refractivity contribution in [1.29, 1.82) is 0 Å². The van der Waals surface area contributed by atoms with Crippen molar-refractivity contribution in [3.63, 3.8) is 0 Å². The molecule has 1 aliphatic carbocycles. The molecule has 3 heterocycles. The molecule has 1 fully saturated rings. The van der Waals surface area contributed by atoms with E-state index in [0.29, 0.717) is 5.92 Å². The molecule has 170 valence electrons. The Kier molecular flexibility index (Phi) is 4.50. The van der Waals surface area contributed by atoms with E-state index in [9.17, 15) is 0 Å². The minimum absolute atomic E-state index is 0.104. The molecule has 0 bridgehead atoms. The smallest absolute Gasteiger partial charge is 0.231 e. The Bertz CT molecular complexity index is 1320. The van der Waals surface area contributed by atoms with Crippen LogP contribution in [0.1, 0.15) is 36.4 Å². The van der Waals surface area contributed by atoms with E-state index < -0.39 is 0 Å². The molecule has 1 saturated carbocycles. The van der Waals surface area contributed by atoms with Gasteiger partial charge in [-0.15, -0.1) is 0 Å². The van der Waals surface area contributed by atoms with E-state index >= 15 is 0 Å². The molecule has 0 spiro atoms. The lowest BCUT2D eigenvalue weighted by Crippen LogP contribution is -2.28. The molecule has 0 saturated heterocycles. The SMILES string of the molecule is C(=C1\CCC[C@@H]2C1=NN(c1ccccc1)[C@@H]2c1ccc2c(c1)OCO2)/c1ccc2c(c1)OCO2. The lowest BCUT2D eigenvalue weighted by Gasteiger charge is -2.30. The van der Waals surface area contributed by atoms with Crippen LogP contribution in [-0.2, 0) is 0 Å². The highest BCUT2D eigenvalue weighted by Gasteiger charge is 2.42. The summed E-state index contributed by atoms with van der Waals surface area (Å²) in [6, 6.07) is 23.0. The van der Waals surface area contributed by atoms with Gasteiger partial charge >= 0.3 is 0 Å². The predicted octanol–water partition coefficient (Wildman–Crippen LogP) is 5.95. The summed E-state index contributed by atoms with van der Waals surface area (Å²) in [6.45, 7) is 0.562. The average molecular weight is 453 g/mol. The quantitative estimate of drug-likeness (QED) is 0.492. The third-order valence-electron chi connectivity index (χ3n) is 7.00. The van der Waals surface area contributed by atoms with Crippen LogP contribution in [0.5, 0.6) is 23.0 Å². The monoisotopic (exact) mass is 452 g/mol. The molecule has 0 N–H and O–H groups in total. The maximum absolute atomic E-state index is 5.70. The fraction of sp³-hybridized carbons (Fsp3) is 0.250. The lowest BCUT2D eigenvalue weighted by atomic mass is 9.77. The highest BCUT2D eigenvalue weighted by atomic mass is 16.7. The van der Waals surface area contributed by atoms with Gasteiger partial charge in [-0.3, -0.25) is 5.01 Å². The van der Waals surface area contributed by atoms with Gasteiger partial charge in [-0.05, 0) is 78.4 Å². The Balaban J connectivity index is 1.30. The van der Waals surface area contributed by atoms with Crippen LogP contribution >= 0.6 is 0 Å². The number of ether oxygens (including phenoxy) is 4. The summed E-state index contributed by atoms with van der Waals surface area (Å²) in [5.41, 5.74) is 5.87. The number of anilines is 1. The molecular formula is C28H24N2O4. The zero-order valence-corrected chi connectivity index (χ0v) is 18.6. The molecule has 6 heteroatoms. The minimum Gasteiger partial charge on any atom is -0.454 e. The topological polar surface area (TPSA) is 52.5 Å². The van der Waals surface area contributed by atoms with Crippen LogP contribution in [0.2, 0.25) is 0 Å². The van der Waals surface area contributed by atoms with Gasteiger partial charge in [0, 0.05) is 5.92 Å². The number of rotatable bonds is 3. The van der Waals surface area contributed by atoms with Gasteiger partial charge in [0.25, 0.3) is 0 Å². The fourth-order valence-corrected chi connectivity index (χ4v) is 5.43. The first-order valence-corrected chi connectivity index (χ1v) is 11.8. The third kappa shape index (κ3) is 3.21. The molecule has 0 radical (unpaired) electrons. The van der Waals surface area contributed by atoms with Crippen LogP contribution in [-0.4, -0.2) is 19.3 Å². The Morgan fingerprint density at radius 1 is 0.794 bits per heavy atom. The number of para-hydroxylation sites is 1. The van der Waals surface area contributed by atoms with Gasteiger partial charge in [0.1, 0.15) is 0 Å². The van der Waals surface area contributed by atoms with Crippen molar-refractivity contribution >= 4 is 17.5 Å². The van der Waals surface area contributed by atoms with Gasteiger partial charge in [0.05, 0.1) is 17.4 Å². The number of nitrogens with zero attached hydrogens (tertiary/aromatic N) is 2. The molecule has 6 nitrogen and oxygen atoms in total. The van der Waals surface area contributed by atoms with Gasteiger partial charge in [0.2, 0.25) is 13.6 Å². The molecule has 34 heavy (non-hydrogen) atoms. The number of hydrogen-bond donors (Lipinski definition) is 0. The first kappa shape index (κ1) is 19.5. The van der Waals surface area contributed by atoms with Crippen molar-refractivity contribution in [1.82, 2.24) is 0 Å². The van der Waals surface area contributed by atoms with E-state index in [1.807, 2.05) is 18.2 Å². The van der Waals surface area contributed by atoms with Gasteiger partial charge < -0.3 is 18.9 Å². The van der Waals surface area contributed by atoms with Crippen LogP contribution in [0, 0.1) is 5.92 Å². The van der Waals surface area contributed by atoms with Crippen LogP contribution in [0.3, 0.4) is 0 Å². The van der Waals surface area contributed by atoms with E-state index in [4.69, 9.17) is 24.0 Å². The number of fused-ring (bicyclic) bond motifs is 3. The number of hydrogen-bond acceptors (Lipinski definition) is 6. The van der Waals surface area contributed by atoms with Crippen molar-refractivity contribution in [2.75, 3.05) is 18.6 Å². The van der Waals surface area contributed by atoms with Crippen LogP contribution in [0.4, 0.5) is 5.69 Å². The maximum Gasteiger partial charge on any atom is 0.231 e. The Morgan fingerprint density at radius 2 is 1.53 bits per heavy atom. The van der Waals surface area contributed by atoms with E-state index in [1.54, 1.807) is 0 Å². The van der Waals surface area contributed by atoms with Gasteiger partial charge in [-0.2, -0.15) is 5.10 Å². The summed E-state index contributed by atoms with van der Waals surface area (Å²) < 4.78 is 22.3. The van der Waals surface area contributed by atoms with Gasteiger partial charge in [-0.25, -0.2) is 0 Å². The molecular weight excluding hydrogens is 428 g/mol. The first-order chi connectivity index (χ1) is 16.8. The summed E-state index contributed by atoms with van der Waals surface area (Å²) in [6.07, 6.45) is 5.50. The van der Waals surface area contributed by atoms with E-state index in [1.165, 1.54) is 16.8 Å².